The minimum atomic E-state index is -0.476. The van der Waals surface area contributed by atoms with E-state index in [1.165, 1.54) is 12.1 Å². The Morgan fingerprint density at radius 3 is 2.45 bits per heavy atom. The summed E-state index contributed by atoms with van der Waals surface area (Å²) in [5, 5.41) is 12.9. The number of hydrogen-bond donors (Lipinski definition) is 2. The fraction of sp³-hybridized carbons (Fsp3) is 0. The van der Waals surface area contributed by atoms with Crippen LogP contribution >= 0.6 is 50.7 Å². The van der Waals surface area contributed by atoms with Crippen molar-refractivity contribution in [3.05, 3.63) is 55.4 Å². The molecule has 0 unspecified atom stereocenters. The third-order valence-electron chi connectivity index (χ3n) is 2.45. The summed E-state index contributed by atoms with van der Waals surface area (Å²) in [4.78, 5) is 12.1. The highest BCUT2D eigenvalue weighted by Gasteiger charge is 2.15. The zero-order valence-corrected chi connectivity index (χ0v) is 13.6. The molecule has 0 bridgehead atoms. The molecule has 0 aromatic heterocycles. The zero-order chi connectivity index (χ0) is 14.9. The van der Waals surface area contributed by atoms with E-state index >= 15 is 0 Å². The van der Waals surface area contributed by atoms with Crippen LogP contribution in [0, 0.1) is 0 Å². The number of benzene rings is 2. The minimum absolute atomic E-state index is 0.0507. The number of anilines is 1. The molecule has 3 nitrogen and oxygen atoms in total. The van der Waals surface area contributed by atoms with E-state index in [-0.39, 0.29) is 27.0 Å². The summed E-state index contributed by atoms with van der Waals surface area (Å²) < 4.78 is 0.757. The first-order valence-electron chi connectivity index (χ1n) is 5.33. The Bertz CT molecular complexity index is 692. The number of aromatic hydroxyl groups is 1. The molecule has 2 rings (SSSR count). The average molecular weight is 395 g/mol. The predicted molar refractivity (Wildman–Crippen MR) is 85.2 cm³/mol. The molecule has 1 amide bonds. The molecule has 0 radical (unpaired) electrons. The molecule has 2 aromatic rings. The van der Waals surface area contributed by atoms with Gasteiger partial charge in [-0.25, -0.2) is 0 Å². The zero-order valence-electron chi connectivity index (χ0n) is 9.75. The van der Waals surface area contributed by atoms with E-state index in [0.717, 1.165) is 4.47 Å². The number of rotatable bonds is 2. The first-order chi connectivity index (χ1) is 9.38. The maximum Gasteiger partial charge on any atom is 0.257 e. The van der Waals surface area contributed by atoms with Crippen LogP contribution in [-0.2, 0) is 0 Å². The first kappa shape index (κ1) is 15.4. The Morgan fingerprint density at radius 1 is 1.10 bits per heavy atom. The van der Waals surface area contributed by atoms with E-state index in [9.17, 15) is 9.90 Å². The predicted octanol–water partition coefficient (Wildman–Crippen LogP) is 5.37. The van der Waals surface area contributed by atoms with Gasteiger partial charge in [0.15, 0.2) is 5.75 Å². The average Bonchev–Trinajstić information content (AvgIpc) is 2.35. The van der Waals surface area contributed by atoms with E-state index in [2.05, 4.69) is 21.2 Å². The number of phenolic OH excluding ortho intramolecular Hbond substituents is 1. The van der Waals surface area contributed by atoms with Crippen molar-refractivity contribution in [1.29, 1.82) is 0 Å². The van der Waals surface area contributed by atoms with Crippen molar-refractivity contribution in [2.24, 2.45) is 0 Å². The van der Waals surface area contributed by atoms with Gasteiger partial charge in [-0.05, 0) is 30.3 Å². The van der Waals surface area contributed by atoms with E-state index in [1.54, 1.807) is 18.2 Å². The molecule has 104 valence electrons. The number of carbonyl (C=O) groups is 1. The van der Waals surface area contributed by atoms with Gasteiger partial charge in [0.2, 0.25) is 0 Å². The Balaban J connectivity index is 2.32. The lowest BCUT2D eigenvalue weighted by Gasteiger charge is -2.10. The lowest BCUT2D eigenvalue weighted by atomic mass is 10.2. The minimum Gasteiger partial charge on any atom is -0.504 e. The Kier molecular flexibility index (Phi) is 4.81. The topological polar surface area (TPSA) is 49.3 Å². The second-order valence-corrected chi connectivity index (χ2v) is 6.03. The van der Waals surface area contributed by atoms with Crippen LogP contribution in [0.4, 0.5) is 5.69 Å². The molecule has 2 aromatic carbocycles. The first-order valence-corrected chi connectivity index (χ1v) is 7.25. The highest BCUT2D eigenvalue weighted by Crippen LogP contribution is 2.35. The number of halogens is 4. The van der Waals surface area contributed by atoms with Gasteiger partial charge >= 0.3 is 0 Å². The standard InChI is InChI=1S/C13H7BrCl3NO2/c14-6-1-2-8(9(16)3-6)13(20)18-11-5-7(15)4-10(17)12(11)19/h1-5,19H,(H,18,20). The van der Waals surface area contributed by atoms with Crippen molar-refractivity contribution in [1.82, 2.24) is 0 Å². The van der Waals surface area contributed by atoms with Gasteiger partial charge in [-0.2, -0.15) is 0 Å². The summed E-state index contributed by atoms with van der Waals surface area (Å²) in [5.41, 5.74) is 0.386. The largest absolute Gasteiger partial charge is 0.504 e. The number of amides is 1. The molecule has 7 heteroatoms. The summed E-state index contributed by atoms with van der Waals surface area (Å²) >= 11 is 20.8. The molecule has 0 heterocycles. The van der Waals surface area contributed by atoms with Crippen LogP contribution in [0.2, 0.25) is 15.1 Å². The summed E-state index contributed by atoms with van der Waals surface area (Å²) in [7, 11) is 0. The van der Waals surface area contributed by atoms with Gasteiger partial charge in [-0.1, -0.05) is 50.7 Å². The highest BCUT2D eigenvalue weighted by atomic mass is 79.9. The highest BCUT2D eigenvalue weighted by molar-refractivity contribution is 9.10. The van der Waals surface area contributed by atoms with Crippen molar-refractivity contribution in [3.63, 3.8) is 0 Å². The molecule has 0 aliphatic rings. The van der Waals surface area contributed by atoms with E-state index < -0.39 is 5.91 Å². The van der Waals surface area contributed by atoms with E-state index in [1.807, 2.05) is 0 Å². The van der Waals surface area contributed by atoms with Crippen molar-refractivity contribution < 1.29 is 9.90 Å². The third kappa shape index (κ3) is 3.38. The lowest BCUT2D eigenvalue weighted by Crippen LogP contribution is -2.12. The van der Waals surface area contributed by atoms with Crippen molar-refractivity contribution in [3.8, 4) is 5.75 Å². The summed E-state index contributed by atoms with van der Waals surface area (Å²) in [5.74, 6) is -0.728. The molecular formula is C13H7BrCl3NO2. The molecule has 0 aliphatic heterocycles. The Labute approximate surface area is 138 Å². The van der Waals surface area contributed by atoms with Crippen LogP contribution in [0.25, 0.3) is 0 Å². The van der Waals surface area contributed by atoms with Gasteiger partial charge in [-0.15, -0.1) is 0 Å². The second kappa shape index (κ2) is 6.22. The van der Waals surface area contributed by atoms with Gasteiger partial charge < -0.3 is 10.4 Å². The number of hydrogen-bond acceptors (Lipinski definition) is 2. The number of carbonyl (C=O) groups excluding carboxylic acids is 1. The summed E-state index contributed by atoms with van der Waals surface area (Å²) in [6.45, 7) is 0. The maximum absolute atomic E-state index is 12.1. The normalized spacial score (nSPS) is 10.4. The quantitative estimate of drug-likeness (QED) is 0.672. The van der Waals surface area contributed by atoms with Crippen LogP contribution in [-0.4, -0.2) is 11.0 Å². The smallest absolute Gasteiger partial charge is 0.257 e. The van der Waals surface area contributed by atoms with Crippen molar-refractivity contribution in [2.45, 2.75) is 0 Å². The van der Waals surface area contributed by atoms with E-state index in [0.29, 0.717) is 5.02 Å². The fourth-order valence-electron chi connectivity index (χ4n) is 1.52. The number of phenols is 1. The van der Waals surface area contributed by atoms with Gasteiger partial charge in [0.25, 0.3) is 5.91 Å². The van der Waals surface area contributed by atoms with Gasteiger partial charge in [0.1, 0.15) is 0 Å². The molecule has 2 N–H and O–H groups in total. The Morgan fingerprint density at radius 2 is 1.80 bits per heavy atom. The second-order valence-electron chi connectivity index (χ2n) is 3.86. The van der Waals surface area contributed by atoms with Crippen LogP contribution in [0.3, 0.4) is 0 Å². The maximum atomic E-state index is 12.1. The van der Waals surface area contributed by atoms with Crippen LogP contribution in [0.15, 0.2) is 34.8 Å². The van der Waals surface area contributed by atoms with Crippen molar-refractivity contribution >= 4 is 62.3 Å². The summed E-state index contributed by atoms with van der Waals surface area (Å²) in [6.07, 6.45) is 0. The molecule has 0 aliphatic carbocycles. The van der Waals surface area contributed by atoms with Gasteiger partial charge in [0.05, 0.1) is 21.3 Å². The van der Waals surface area contributed by atoms with Crippen molar-refractivity contribution in [2.75, 3.05) is 5.32 Å². The molecule has 20 heavy (non-hydrogen) atoms. The van der Waals surface area contributed by atoms with Crippen LogP contribution in [0.1, 0.15) is 10.4 Å². The molecule has 0 fully saturated rings. The van der Waals surface area contributed by atoms with Gasteiger partial charge in [-0.3, -0.25) is 4.79 Å². The summed E-state index contributed by atoms with van der Waals surface area (Å²) in [6, 6.07) is 7.62. The van der Waals surface area contributed by atoms with Crippen LogP contribution < -0.4 is 5.32 Å². The monoisotopic (exact) mass is 393 g/mol. The number of nitrogens with one attached hydrogen (secondary N) is 1. The SMILES string of the molecule is O=C(Nc1cc(Cl)cc(Cl)c1O)c1ccc(Br)cc1Cl. The van der Waals surface area contributed by atoms with E-state index in [4.69, 9.17) is 34.8 Å². The lowest BCUT2D eigenvalue weighted by molar-refractivity contribution is 0.102. The molecule has 0 spiro atoms. The van der Waals surface area contributed by atoms with Crippen LogP contribution in [0.5, 0.6) is 5.75 Å². The van der Waals surface area contributed by atoms with Gasteiger partial charge in [0, 0.05) is 9.50 Å². The Hall–Kier alpha value is -0.940. The molecule has 0 saturated heterocycles. The molecule has 0 atom stereocenters. The fourth-order valence-corrected chi connectivity index (χ4v) is 2.78. The third-order valence-corrected chi connectivity index (χ3v) is 3.76. The molecule has 0 saturated carbocycles. The molecular weight excluding hydrogens is 388 g/mol.